The molecule has 0 saturated carbocycles. The van der Waals surface area contributed by atoms with Crippen LogP contribution in [0.2, 0.25) is 0 Å². The van der Waals surface area contributed by atoms with Gasteiger partial charge in [0.1, 0.15) is 13.2 Å². The van der Waals surface area contributed by atoms with Crippen molar-refractivity contribution < 1.29 is 28.6 Å². The second-order valence-electron chi connectivity index (χ2n) is 15.9. The van der Waals surface area contributed by atoms with Crippen molar-refractivity contribution in [2.24, 2.45) is 17.8 Å². The number of hydrogen-bond donors (Lipinski definition) is 0. The van der Waals surface area contributed by atoms with Crippen LogP contribution in [0.5, 0.6) is 0 Å². The van der Waals surface area contributed by atoms with Gasteiger partial charge in [0.05, 0.1) is 0 Å². The minimum atomic E-state index is -0.762. The van der Waals surface area contributed by atoms with Crippen LogP contribution in [0.3, 0.4) is 0 Å². The van der Waals surface area contributed by atoms with Crippen LogP contribution in [-0.2, 0) is 28.6 Å². The smallest absolute Gasteiger partial charge is 0.306 e. The van der Waals surface area contributed by atoms with E-state index in [0.29, 0.717) is 19.3 Å². The average molecular weight is 709 g/mol. The highest BCUT2D eigenvalue weighted by Crippen LogP contribution is 2.17. The van der Waals surface area contributed by atoms with Crippen LogP contribution in [0.4, 0.5) is 0 Å². The summed E-state index contributed by atoms with van der Waals surface area (Å²) in [6.45, 7) is 13.6. The number of carbonyl (C=O) groups is 3. The Morgan fingerprint density at radius 3 is 1.04 bits per heavy atom. The maximum Gasteiger partial charge on any atom is 0.306 e. The Hall–Kier alpha value is -1.59. The summed E-state index contributed by atoms with van der Waals surface area (Å²) in [5, 5.41) is 0. The monoisotopic (exact) mass is 709 g/mol. The van der Waals surface area contributed by atoms with E-state index in [1.807, 2.05) is 0 Å². The van der Waals surface area contributed by atoms with Gasteiger partial charge in [-0.25, -0.2) is 0 Å². The lowest BCUT2D eigenvalue weighted by atomic mass is 9.99. The molecular weight excluding hydrogens is 624 g/mol. The maximum absolute atomic E-state index is 12.6. The number of rotatable bonds is 37. The molecule has 0 N–H and O–H groups in total. The molecule has 6 nitrogen and oxygen atoms in total. The lowest BCUT2D eigenvalue weighted by molar-refractivity contribution is -0.167. The number of carbonyl (C=O) groups excluding carboxylic acids is 3. The molecule has 296 valence electrons. The van der Waals surface area contributed by atoms with Gasteiger partial charge in [0.25, 0.3) is 0 Å². The summed E-state index contributed by atoms with van der Waals surface area (Å²) in [5.74, 6) is 1.57. The highest BCUT2D eigenvalue weighted by Gasteiger charge is 2.19. The van der Waals surface area contributed by atoms with E-state index in [1.54, 1.807) is 0 Å². The zero-order valence-electron chi connectivity index (χ0n) is 34.2. The van der Waals surface area contributed by atoms with Crippen LogP contribution in [0, 0.1) is 17.8 Å². The van der Waals surface area contributed by atoms with Gasteiger partial charge in [-0.15, -0.1) is 0 Å². The summed E-state index contributed by atoms with van der Waals surface area (Å²) in [7, 11) is 0. The summed E-state index contributed by atoms with van der Waals surface area (Å²) < 4.78 is 16.7. The third-order valence-electron chi connectivity index (χ3n) is 10.4. The zero-order chi connectivity index (χ0) is 37.1. The summed E-state index contributed by atoms with van der Waals surface area (Å²) in [6, 6.07) is 0. The lowest BCUT2D eigenvalue weighted by Gasteiger charge is -2.18. The molecule has 0 amide bonds. The summed E-state index contributed by atoms with van der Waals surface area (Å²) in [4.78, 5) is 37.6. The minimum absolute atomic E-state index is 0.0679. The molecule has 0 heterocycles. The Bertz CT molecular complexity index is 780. The fourth-order valence-electron chi connectivity index (χ4n) is 6.28. The normalized spacial score (nSPS) is 13.3. The van der Waals surface area contributed by atoms with Gasteiger partial charge in [-0.1, -0.05) is 189 Å². The third kappa shape index (κ3) is 34.8. The molecule has 0 rings (SSSR count). The highest BCUT2D eigenvalue weighted by molar-refractivity contribution is 5.71. The predicted molar refractivity (Wildman–Crippen MR) is 210 cm³/mol. The third-order valence-corrected chi connectivity index (χ3v) is 10.4. The lowest BCUT2D eigenvalue weighted by Crippen LogP contribution is -2.30. The van der Waals surface area contributed by atoms with E-state index >= 15 is 0 Å². The summed E-state index contributed by atoms with van der Waals surface area (Å²) >= 11 is 0. The van der Waals surface area contributed by atoms with E-state index < -0.39 is 6.10 Å². The van der Waals surface area contributed by atoms with E-state index in [1.165, 1.54) is 109 Å². The van der Waals surface area contributed by atoms with E-state index in [-0.39, 0.29) is 31.1 Å². The molecule has 6 heteroatoms. The second kappa shape index (κ2) is 35.8. The van der Waals surface area contributed by atoms with Gasteiger partial charge in [-0.3, -0.25) is 14.4 Å². The predicted octanol–water partition coefficient (Wildman–Crippen LogP) is 13.3. The van der Waals surface area contributed by atoms with Gasteiger partial charge in [0.15, 0.2) is 6.10 Å². The van der Waals surface area contributed by atoms with Gasteiger partial charge < -0.3 is 14.2 Å². The molecule has 0 spiro atoms. The Morgan fingerprint density at radius 1 is 0.400 bits per heavy atom. The largest absolute Gasteiger partial charge is 0.462 e. The molecule has 0 bridgehead atoms. The van der Waals surface area contributed by atoms with Crippen molar-refractivity contribution in [2.45, 2.75) is 234 Å². The van der Waals surface area contributed by atoms with E-state index in [9.17, 15) is 14.4 Å². The van der Waals surface area contributed by atoms with E-state index in [0.717, 1.165) is 75.5 Å². The summed E-state index contributed by atoms with van der Waals surface area (Å²) in [6.07, 6.45) is 30.9. The first-order chi connectivity index (χ1) is 24.2. The molecule has 0 aliphatic rings. The van der Waals surface area contributed by atoms with Gasteiger partial charge in [0.2, 0.25) is 0 Å². The van der Waals surface area contributed by atoms with Crippen molar-refractivity contribution >= 4 is 17.9 Å². The number of esters is 3. The van der Waals surface area contributed by atoms with Gasteiger partial charge in [-0.2, -0.15) is 0 Å². The van der Waals surface area contributed by atoms with E-state index in [4.69, 9.17) is 14.2 Å². The molecule has 0 radical (unpaired) electrons. The maximum atomic E-state index is 12.6. The van der Waals surface area contributed by atoms with Gasteiger partial charge >= 0.3 is 17.9 Å². The Balaban J connectivity index is 4.37. The fourth-order valence-corrected chi connectivity index (χ4v) is 6.28. The first kappa shape index (κ1) is 48.4. The zero-order valence-corrected chi connectivity index (χ0v) is 34.2. The molecular formula is C44H84O6. The fraction of sp³-hybridized carbons (Fsp3) is 0.932. The van der Waals surface area contributed by atoms with Crippen molar-refractivity contribution in [3.8, 4) is 0 Å². The minimum Gasteiger partial charge on any atom is -0.462 e. The molecule has 0 aliphatic carbocycles. The Morgan fingerprint density at radius 2 is 0.700 bits per heavy atom. The molecule has 0 aliphatic heterocycles. The molecule has 0 aromatic heterocycles. The van der Waals surface area contributed by atoms with Crippen molar-refractivity contribution in [1.29, 1.82) is 0 Å². The van der Waals surface area contributed by atoms with Gasteiger partial charge in [-0.05, 0) is 37.0 Å². The standard InChI is InChI=1S/C44H84O6/c1-7-39(5)31-25-19-13-9-10-14-21-27-33-42(45)48-36-41(50-44(47)35-29-23-15-11-12-18-24-30-38(3)4)37-49-43(46)34-28-22-17-16-20-26-32-40(6)8-2/h38-41H,7-37H2,1-6H3/t39?,40?,41-/m1/s1. The van der Waals surface area contributed by atoms with Crippen molar-refractivity contribution in [3.05, 3.63) is 0 Å². The van der Waals surface area contributed by atoms with Gasteiger partial charge in [0, 0.05) is 19.3 Å². The Kier molecular flexibility index (Phi) is 34.7. The molecule has 2 unspecified atom stereocenters. The van der Waals surface area contributed by atoms with Crippen LogP contribution < -0.4 is 0 Å². The van der Waals surface area contributed by atoms with E-state index in [2.05, 4.69) is 41.5 Å². The van der Waals surface area contributed by atoms with Crippen LogP contribution in [-0.4, -0.2) is 37.2 Å². The molecule has 50 heavy (non-hydrogen) atoms. The number of ether oxygens (including phenoxy) is 3. The van der Waals surface area contributed by atoms with Crippen molar-refractivity contribution in [3.63, 3.8) is 0 Å². The highest BCUT2D eigenvalue weighted by atomic mass is 16.6. The summed E-state index contributed by atoms with van der Waals surface area (Å²) in [5.41, 5.74) is 0. The Labute approximate surface area is 310 Å². The first-order valence-corrected chi connectivity index (χ1v) is 21.7. The van der Waals surface area contributed by atoms with Crippen LogP contribution in [0.25, 0.3) is 0 Å². The molecule has 0 aromatic rings. The molecule has 3 atom stereocenters. The van der Waals surface area contributed by atoms with Crippen LogP contribution in [0.15, 0.2) is 0 Å². The number of hydrogen-bond acceptors (Lipinski definition) is 6. The quantitative estimate of drug-likeness (QED) is 0.0363. The SMILES string of the molecule is CCC(C)CCCCCCCCCCC(=O)OC[C@H](COC(=O)CCCCCCCCC(C)CC)OC(=O)CCCCCCCCCC(C)C. The van der Waals surface area contributed by atoms with Crippen molar-refractivity contribution in [1.82, 2.24) is 0 Å². The second-order valence-corrected chi connectivity index (χ2v) is 15.9. The molecule has 0 aromatic carbocycles. The topological polar surface area (TPSA) is 78.9 Å². The number of unbranched alkanes of at least 4 members (excludes halogenated alkanes) is 18. The molecule has 0 fully saturated rings. The van der Waals surface area contributed by atoms with Crippen LogP contribution in [0.1, 0.15) is 228 Å². The first-order valence-electron chi connectivity index (χ1n) is 21.7. The molecule has 0 saturated heterocycles. The van der Waals surface area contributed by atoms with Crippen LogP contribution >= 0.6 is 0 Å². The average Bonchev–Trinajstić information content (AvgIpc) is 3.09. The van der Waals surface area contributed by atoms with Crippen molar-refractivity contribution in [2.75, 3.05) is 13.2 Å².